The molecule has 1 N–H and O–H groups in total. The minimum Gasteiger partial charge on any atom is -0.406 e. The number of nitrogens with one attached hydrogen (secondary N) is 1. The topological polar surface area (TPSA) is 111 Å². The van der Waals surface area contributed by atoms with Crippen LogP contribution < -0.4 is 10.1 Å². The van der Waals surface area contributed by atoms with Crippen molar-refractivity contribution in [3.63, 3.8) is 0 Å². The van der Waals surface area contributed by atoms with Crippen molar-refractivity contribution < 1.29 is 32.2 Å². The second-order valence-corrected chi connectivity index (χ2v) is 9.28. The maximum atomic E-state index is 12.9. The molecule has 1 spiro atoms. The number of hydrogen-bond donors (Lipinski definition) is 1. The highest BCUT2D eigenvalue weighted by atomic mass is 19.4. The molecule has 5 rings (SSSR count). The van der Waals surface area contributed by atoms with Gasteiger partial charge in [-0.2, -0.15) is 10.4 Å². The Hall–Kier alpha value is -3.95. The van der Waals surface area contributed by atoms with Crippen LogP contribution in [0.2, 0.25) is 0 Å². The van der Waals surface area contributed by atoms with Gasteiger partial charge >= 0.3 is 6.36 Å². The molecule has 1 aromatic carbocycles. The number of hydrogen-bond acceptors (Lipinski definition) is 7. The van der Waals surface area contributed by atoms with E-state index >= 15 is 0 Å². The summed E-state index contributed by atoms with van der Waals surface area (Å²) in [5.74, 6) is -1.37. The SMILES string of the molecule is Cc1c(C(=O)Nc2ccc(C3(C#N)CCC4(CC3)OCCO4)nc2)cnn1-c1ccc(OC(F)(F)F)cc1. The summed E-state index contributed by atoms with van der Waals surface area (Å²) in [5, 5.41) is 16.9. The molecule has 38 heavy (non-hydrogen) atoms. The van der Waals surface area contributed by atoms with Crippen LogP contribution in [0, 0.1) is 18.3 Å². The summed E-state index contributed by atoms with van der Waals surface area (Å²) in [6.07, 6.45) is 0.452. The number of carbonyl (C=O) groups excluding carboxylic acids is 1. The van der Waals surface area contributed by atoms with Gasteiger partial charge in [0.15, 0.2) is 5.79 Å². The number of ether oxygens (including phenoxy) is 3. The van der Waals surface area contributed by atoms with Gasteiger partial charge < -0.3 is 19.5 Å². The third-order valence-corrected chi connectivity index (χ3v) is 6.97. The number of benzene rings is 1. The van der Waals surface area contributed by atoms with Crippen LogP contribution in [0.25, 0.3) is 5.69 Å². The van der Waals surface area contributed by atoms with Crippen molar-refractivity contribution in [3.8, 4) is 17.5 Å². The van der Waals surface area contributed by atoms with Gasteiger partial charge in [-0.1, -0.05) is 0 Å². The summed E-state index contributed by atoms with van der Waals surface area (Å²) in [6, 6.07) is 11.0. The van der Waals surface area contributed by atoms with Crippen molar-refractivity contribution in [1.29, 1.82) is 5.26 Å². The number of alkyl halides is 3. The molecule has 12 heteroatoms. The quantitative estimate of drug-likeness (QED) is 0.507. The van der Waals surface area contributed by atoms with Crippen molar-refractivity contribution in [2.45, 2.75) is 50.2 Å². The number of aromatic nitrogens is 3. The summed E-state index contributed by atoms with van der Waals surface area (Å²) in [5.41, 5.74) is 1.57. The molecule has 3 aromatic rings. The molecule has 9 nitrogen and oxygen atoms in total. The van der Waals surface area contributed by atoms with Gasteiger partial charge in [-0.25, -0.2) is 4.68 Å². The first-order valence-electron chi connectivity index (χ1n) is 12.0. The van der Waals surface area contributed by atoms with Gasteiger partial charge in [-0.15, -0.1) is 13.2 Å². The first-order valence-corrected chi connectivity index (χ1v) is 12.0. The van der Waals surface area contributed by atoms with Crippen molar-refractivity contribution in [2.24, 2.45) is 0 Å². The number of nitrogens with zero attached hydrogens (tertiary/aromatic N) is 4. The van der Waals surface area contributed by atoms with Gasteiger partial charge in [0.2, 0.25) is 0 Å². The van der Waals surface area contributed by atoms with Gasteiger partial charge in [0, 0.05) is 12.8 Å². The molecule has 0 radical (unpaired) electrons. The van der Waals surface area contributed by atoms with Gasteiger partial charge in [0.1, 0.15) is 5.75 Å². The number of anilines is 1. The fourth-order valence-electron chi connectivity index (χ4n) is 4.90. The maximum Gasteiger partial charge on any atom is 0.573 e. The molecule has 2 aliphatic rings. The summed E-state index contributed by atoms with van der Waals surface area (Å²) in [4.78, 5) is 17.4. The predicted octanol–water partition coefficient (Wildman–Crippen LogP) is 4.81. The highest BCUT2D eigenvalue weighted by Crippen LogP contribution is 2.45. The molecule has 1 saturated carbocycles. The lowest BCUT2D eigenvalue weighted by Crippen LogP contribution is -2.41. The highest BCUT2D eigenvalue weighted by molar-refractivity contribution is 6.04. The van der Waals surface area contributed by atoms with E-state index in [1.807, 2.05) is 0 Å². The molecule has 2 fully saturated rings. The third-order valence-electron chi connectivity index (χ3n) is 6.97. The molecule has 1 saturated heterocycles. The molecule has 3 heterocycles. The molecule has 0 unspecified atom stereocenters. The van der Waals surface area contributed by atoms with Crippen LogP contribution >= 0.6 is 0 Å². The van der Waals surface area contributed by atoms with Crippen LogP contribution in [-0.4, -0.2) is 46.0 Å². The predicted molar refractivity (Wildman–Crippen MR) is 128 cm³/mol. The van der Waals surface area contributed by atoms with Crippen LogP contribution in [0.3, 0.4) is 0 Å². The van der Waals surface area contributed by atoms with Gasteiger partial charge in [-0.05, 0) is 56.2 Å². The third kappa shape index (κ3) is 5.07. The van der Waals surface area contributed by atoms with E-state index in [1.54, 1.807) is 19.1 Å². The monoisotopic (exact) mass is 527 g/mol. The van der Waals surface area contributed by atoms with E-state index in [1.165, 1.54) is 41.3 Å². The second-order valence-electron chi connectivity index (χ2n) is 9.28. The van der Waals surface area contributed by atoms with Crippen LogP contribution in [0.5, 0.6) is 5.75 Å². The minimum absolute atomic E-state index is 0.285. The molecular formula is C26H24F3N5O4. The summed E-state index contributed by atoms with van der Waals surface area (Å²) >= 11 is 0. The Labute approximate surface area is 216 Å². The number of halogens is 3. The number of pyridine rings is 1. The second kappa shape index (κ2) is 9.74. The fraction of sp³-hybridized carbons (Fsp3) is 0.385. The van der Waals surface area contributed by atoms with E-state index < -0.39 is 23.5 Å². The Balaban J connectivity index is 1.26. The van der Waals surface area contributed by atoms with Crippen molar-refractivity contribution in [3.05, 3.63) is 65.7 Å². The van der Waals surface area contributed by atoms with Crippen molar-refractivity contribution in [1.82, 2.24) is 14.8 Å². The average Bonchev–Trinajstić information content (AvgIpc) is 3.52. The molecule has 1 aliphatic heterocycles. The van der Waals surface area contributed by atoms with Gasteiger partial charge in [-0.3, -0.25) is 9.78 Å². The molecule has 0 bridgehead atoms. The number of nitriles is 1. The average molecular weight is 528 g/mol. The largest absolute Gasteiger partial charge is 0.573 e. The van der Waals surface area contributed by atoms with Gasteiger partial charge in [0.25, 0.3) is 5.91 Å². The van der Waals surface area contributed by atoms with E-state index in [-0.39, 0.29) is 11.3 Å². The first-order chi connectivity index (χ1) is 18.1. The molecule has 2 aromatic heterocycles. The minimum atomic E-state index is -4.78. The lowest BCUT2D eigenvalue weighted by molar-refractivity contribution is -0.274. The Kier molecular flexibility index (Phi) is 6.58. The Bertz CT molecular complexity index is 1350. The van der Waals surface area contributed by atoms with Gasteiger partial charge in [0.05, 0.1) is 65.4 Å². The smallest absolute Gasteiger partial charge is 0.406 e. The zero-order valence-electron chi connectivity index (χ0n) is 20.4. The Morgan fingerprint density at radius 1 is 1.08 bits per heavy atom. The zero-order valence-corrected chi connectivity index (χ0v) is 20.4. The van der Waals surface area contributed by atoms with Crippen LogP contribution in [-0.2, 0) is 14.9 Å². The molecule has 1 aliphatic carbocycles. The van der Waals surface area contributed by atoms with E-state index in [4.69, 9.17) is 9.47 Å². The summed E-state index contributed by atoms with van der Waals surface area (Å²) in [7, 11) is 0. The van der Waals surface area contributed by atoms with Crippen LogP contribution in [0.4, 0.5) is 18.9 Å². The van der Waals surface area contributed by atoms with Crippen LogP contribution in [0.15, 0.2) is 48.8 Å². The van der Waals surface area contributed by atoms with E-state index in [0.717, 1.165) is 0 Å². The van der Waals surface area contributed by atoms with E-state index in [2.05, 4.69) is 26.2 Å². The van der Waals surface area contributed by atoms with Crippen molar-refractivity contribution >= 4 is 11.6 Å². The number of rotatable bonds is 5. The first kappa shape index (κ1) is 25.7. The fourth-order valence-corrected chi connectivity index (χ4v) is 4.90. The number of carbonyl (C=O) groups is 1. The van der Waals surface area contributed by atoms with Crippen LogP contribution in [0.1, 0.15) is 47.4 Å². The lowest BCUT2D eigenvalue weighted by Gasteiger charge is -2.39. The number of amides is 1. The maximum absolute atomic E-state index is 12.9. The van der Waals surface area contributed by atoms with E-state index in [9.17, 15) is 23.2 Å². The Morgan fingerprint density at radius 3 is 2.34 bits per heavy atom. The van der Waals surface area contributed by atoms with E-state index in [0.29, 0.717) is 61.7 Å². The molecule has 1 amide bonds. The highest BCUT2D eigenvalue weighted by Gasteiger charge is 2.48. The Morgan fingerprint density at radius 2 is 1.76 bits per heavy atom. The molecule has 0 atom stereocenters. The lowest BCUT2D eigenvalue weighted by atomic mass is 9.70. The molecular weight excluding hydrogens is 503 g/mol. The summed E-state index contributed by atoms with van der Waals surface area (Å²) < 4.78 is 54.1. The zero-order chi connectivity index (χ0) is 27.0. The standard InChI is InChI=1S/C26H24F3N5O4/c1-17-21(15-32-34(17)19-3-5-20(6-4-19)38-26(27,28)29)23(35)33-18-2-7-22(31-14-18)24(16-30)8-10-25(11-9-24)36-12-13-37-25/h2-7,14-15H,8-13H2,1H3,(H,33,35). The normalized spacial score (nSPS) is 18.2. The summed E-state index contributed by atoms with van der Waals surface area (Å²) in [6.45, 7) is 2.80. The van der Waals surface area contributed by atoms with Crippen molar-refractivity contribution in [2.75, 3.05) is 18.5 Å². The molecule has 198 valence electrons.